The minimum atomic E-state index is 0.300. The first-order chi connectivity index (χ1) is 22.1. The lowest BCUT2D eigenvalue weighted by Gasteiger charge is -2.24. The van der Waals surface area contributed by atoms with Crippen LogP contribution in [0.2, 0.25) is 0 Å². The molecule has 238 valence electrons. The average Bonchev–Trinajstić information content (AvgIpc) is 3.91. The van der Waals surface area contributed by atoms with Crippen molar-refractivity contribution < 1.29 is 4.79 Å². The fourth-order valence-corrected chi connectivity index (χ4v) is 7.93. The summed E-state index contributed by atoms with van der Waals surface area (Å²) < 4.78 is 0. The normalized spacial score (nSPS) is 23.6. The van der Waals surface area contributed by atoms with E-state index in [0.29, 0.717) is 18.1 Å². The van der Waals surface area contributed by atoms with Crippen LogP contribution in [0.1, 0.15) is 119 Å². The highest BCUT2D eigenvalue weighted by Crippen LogP contribution is 2.41. The van der Waals surface area contributed by atoms with Crippen LogP contribution < -0.4 is 0 Å². The Morgan fingerprint density at radius 3 is 2.38 bits per heavy atom. The van der Waals surface area contributed by atoms with Gasteiger partial charge in [-0.1, -0.05) is 79.3 Å². The molecule has 2 atom stereocenters. The second kappa shape index (κ2) is 15.5. The maximum Gasteiger partial charge on any atom is 0.163 e. The predicted molar refractivity (Wildman–Crippen MR) is 190 cm³/mol. The number of carbonyl (C=O) groups excluding carboxylic acids is 1. The number of hydrogen-bond donors (Lipinski definition) is 0. The van der Waals surface area contributed by atoms with Gasteiger partial charge in [0.1, 0.15) is 0 Å². The molecule has 45 heavy (non-hydrogen) atoms. The van der Waals surface area contributed by atoms with Crippen molar-refractivity contribution in [2.75, 3.05) is 20.1 Å². The summed E-state index contributed by atoms with van der Waals surface area (Å²) in [5.41, 5.74) is 10.8. The summed E-state index contributed by atoms with van der Waals surface area (Å²) in [5.74, 6) is 2.34. The predicted octanol–water partition coefficient (Wildman–Crippen LogP) is 10.6. The molecule has 2 unspecified atom stereocenters. The first-order valence-electron chi connectivity index (χ1n) is 18.3. The number of rotatable bonds is 9. The van der Waals surface area contributed by atoms with Crippen LogP contribution in [-0.2, 0) is 17.6 Å². The van der Waals surface area contributed by atoms with Crippen LogP contribution in [-0.4, -0.2) is 30.8 Å². The number of ketones is 1. The minimum Gasteiger partial charge on any atom is -0.306 e. The van der Waals surface area contributed by atoms with Crippen LogP contribution in [0.3, 0.4) is 0 Å². The Labute approximate surface area is 273 Å². The maximum absolute atomic E-state index is 13.4. The van der Waals surface area contributed by atoms with Crippen molar-refractivity contribution in [1.82, 2.24) is 4.90 Å². The molecular weight excluding hydrogens is 546 g/mol. The highest BCUT2D eigenvalue weighted by atomic mass is 16.1. The van der Waals surface area contributed by atoms with E-state index in [0.717, 1.165) is 61.5 Å². The molecule has 0 spiro atoms. The molecule has 0 aromatic heterocycles. The number of carbonyl (C=O) groups is 1. The molecule has 6 rings (SSSR count). The Kier molecular flexibility index (Phi) is 11.1. The Hall–Kier alpha value is -2.97. The van der Waals surface area contributed by atoms with Crippen LogP contribution in [0.25, 0.3) is 5.57 Å². The minimum absolute atomic E-state index is 0.300. The molecular formula is C43H55NO. The fraction of sp³-hybridized carbons (Fsp3) is 0.512. The van der Waals surface area contributed by atoms with Gasteiger partial charge in [0.2, 0.25) is 0 Å². The van der Waals surface area contributed by atoms with E-state index in [1.165, 1.54) is 92.3 Å². The zero-order chi connectivity index (χ0) is 31.0. The molecule has 2 fully saturated rings. The molecule has 2 aromatic carbocycles. The quantitative estimate of drug-likeness (QED) is 0.267. The van der Waals surface area contributed by atoms with Crippen LogP contribution in [0.5, 0.6) is 0 Å². The summed E-state index contributed by atoms with van der Waals surface area (Å²) in [4.78, 5) is 15.9. The topological polar surface area (TPSA) is 20.3 Å². The lowest BCUT2D eigenvalue weighted by molar-refractivity contribution is -0.114. The van der Waals surface area contributed by atoms with Gasteiger partial charge in [-0.2, -0.15) is 0 Å². The number of benzene rings is 2. The number of hydrogen-bond acceptors (Lipinski definition) is 2. The van der Waals surface area contributed by atoms with Gasteiger partial charge in [0.05, 0.1) is 0 Å². The molecule has 1 saturated heterocycles. The monoisotopic (exact) mass is 601 g/mol. The number of Topliss-reactive ketones (excluding diaryl/α,β-unsaturated/α-hetero) is 1. The second-order valence-electron chi connectivity index (χ2n) is 14.5. The summed E-state index contributed by atoms with van der Waals surface area (Å²) >= 11 is 0. The van der Waals surface area contributed by atoms with E-state index in [4.69, 9.17) is 0 Å². The smallest absolute Gasteiger partial charge is 0.163 e. The van der Waals surface area contributed by atoms with Gasteiger partial charge in [-0.05, 0) is 167 Å². The highest BCUT2D eigenvalue weighted by molar-refractivity contribution is 6.21. The van der Waals surface area contributed by atoms with Crippen molar-refractivity contribution in [2.24, 2.45) is 11.8 Å². The third-order valence-corrected chi connectivity index (χ3v) is 11.0. The molecule has 2 heteroatoms. The molecule has 4 aliphatic rings. The third kappa shape index (κ3) is 8.85. The van der Waals surface area contributed by atoms with E-state index in [1.54, 1.807) is 5.57 Å². The van der Waals surface area contributed by atoms with E-state index < -0.39 is 0 Å². The Morgan fingerprint density at radius 2 is 1.60 bits per heavy atom. The number of fused-ring (bicyclic) bond motifs is 1. The number of aryl methyl sites for hydroxylation is 1. The van der Waals surface area contributed by atoms with Crippen molar-refractivity contribution in [3.05, 3.63) is 112 Å². The summed E-state index contributed by atoms with van der Waals surface area (Å²) in [6, 6.07) is 18.5. The van der Waals surface area contributed by atoms with E-state index >= 15 is 0 Å². The van der Waals surface area contributed by atoms with Gasteiger partial charge in [-0.3, -0.25) is 4.79 Å². The van der Waals surface area contributed by atoms with E-state index in [-0.39, 0.29) is 0 Å². The van der Waals surface area contributed by atoms with Crippen LogP contribution in [0, 0.1) is 11.8 Å². The maximum atomic E-state index is 13.4. The Morgan fingerprint density at radius 1 is 0.800 bits per heavy atom. The second-order valence-corrected chi connectivity index (χ2v) is 14.5. The number of allylic oxidation sites excluding steroid dienone is 8. The van der Waals surface area contributed by atoms with Gasteiger partial charge in [0.25, 0.3) is 0 Å². The number of nitrogens with zero attached hydrogens (tertiary/aromatic N) is 1. The number of likely N-dealkylation sites (tertiary alicyclic amines) is 1. The molecule has 0 bridgehead atoms. The highest BCUT2D eigenvalue weighted by Gasteiger charge is 2.26. The SMILES string of the molecule is CCC1CCC(=O)C(c2ccc(C3CC3)cc2)=CC2=CCC=C(CCCc3ccc(CC4CCCN(C)CC4)cc3)CCC=C21. The molecule has 2 aromatic rings. The van der Waals surface area contributed by atoms with Crippen LogP contribution in [0.4, 0.5) is 0 Å². The third-order valence-electron chi connectivity index (χ3n) is 11.0. The molecule has 1 heterocycles. The van der Waals surface area contributed by atoms with Gasteiger partial charge in [0, 0.05) is 12.0 Å². The molecule has 0 amide bonds. The van der Waals surface area contributed by atoms with Crippen LogP contribution >= 0.6 is 0 Å². The fourth-order valence-electron chi connectivity index (χ4n) is 7.93. The molecule has 3 aliphatic carbocycles. The zero-order valence-corrected chi connectivity index (χ0v) is 28.0. The van der Waals surface area contributed by atoms with Crippen LogP contribution in [0.15, 0.2) is 89.6 Å². The first kappa shape index (κ1) is 32.0. The Balaban J connectivity index is 1.09. The van der Waals surface area contributed by atoms with E-state index in [9.17, 15) is 4.79 Å². The Bertz CT molecular complexity index is 1420. The van der Waals surface area contributed by atoms with Gasteiger partial charge >= 0.3 is 0 Å². The van der Waals surface area contributed by atoms with E-state index in [1.807, 2.05) is 0 Å². The first-order valence-corrected chi connectivity index (χ1v) is 18.3. The molecule has 2 nitrogen and oxygen atoms in total. The zero-order valence-electron chi connectivity index (χ0n) is 28.0. The summed E-state index contributed by atoms with van der Waals surface area (Å²) in [6.45, 7) is 4.79. The standard InChI is InChI=1S/C43H55NO/c1-3-36-25-26-43(45)42(39-23-21-38(22-24-39)37-19-20-37)31-40-13-5-10-32(11-6-14-41(36)40)8-4-9-33-15-17-35(18-16-33)30-34-12-7-28-44(2)29-27-34/h10,13-18,21-24,31,34,36-37H,3-9,11-12,19-20,25-30H2,1-2H3. The molecule has 1 aliphatic heterocycles. The lowest BCUT2D eigenvalue weighted by Crippen LogP contribution is -2.19. The molecule has 1 saturated carbocycles. The van der Waals surface area contributed by atoms with Crippen molar-refractivity contribution >= 4 is 11.4 Å². The van der Waals surface area contributed by atoms with E-state index in [2.05, 4.69) is 91.7 Å². The van der Waals surface area contributed by atoms with Crippen molar-refractivity contribution in [2.45, 2.75) is 109 Å². The summed E-state index contributed by atoms with van der Waals surface area (Å²) in [7, 11) is 2.27. The average molecular weight is 602 g/mol. The largest absolute Gasteiger partial charge is 0.306 e. The van der Waals surface area contributed by atoms with Crippen molar-refractivity contribution in [3.63, 3.8) is 0 Å². The lowest BCUT2D eigenvalue weighted by atomic mass is 9.80. The molecule has 0 N–H and O–H groups in total. The van der Waals surface area contributed by atoms with Gasteiger partial charge < -0.3 is 4.90 Å². The molecule has 0 radical (unpaired) electrons. The van der Waals surface area contributed by atoms with Crippen molar-refractivity contribution in [3.8, 4) is 0 Å². The summed E-state index contributed by atoms with van der Waals surface area (Å²) in [5, 5.41) is 0. The van der Waals surface area contributed by atoms with Gasteiger partial charge in [-0.15, -0.1) is 0 Å². The van der Waals surface area contributed by atoms with Gasteiger partial charge in [0.15, 0.2) is 5.78 Å². The summed E-state index contributed by atoms with van der Waals surface area (Å²) in [6.07, 6.45) is 26.9. The van der Waals surface area contributed by atoms with Gasteiger partial charge in [-0.25, -0.2) is 0 Å². The van der Waals surface area contributed by atoms with Crippen molar-refractivity contribution in [1.29, 1.82) is 0 Å².